The minimum Gasteiger partial charge on any atom is -0.364 e. The van der Waals surface area contributed by atoms with Crippen LogP contribution < -0.4 is 5.32 Å². The molecule has 0 bridgehead atoms. The molecule has 2 aliphatic rings. The van der Waals surface area contributed by atoms with E-state index in [9.17, 15) is 8.42 Å². The fourth-order valence-electron chi connectivity index (χ4n) is 3.99. The number of rotatable bonds is 7. The topological polar surface area (TPSA) is 91.0 Å². The average molecular weight is 432 g/mol. The van der Waals surface area contributed by atoms with Crippen LogP contribution in [0.15, 0.2) is 52.2 Å². The van der Waals surface area contributed by atoms with Crippen LogP contribution in [0.4, 0.5) is 0 Å². The second-order valence-corrected chi connectivity index (χ2v) is 10.2. The van der Waals surface area contributed by atoms with Gasteiger partial charge in [0.25, 0.3) is 0 Å². The van der Waals surface area contributed by atoms with E-state index in [1.807, 2.05) is 0 Å². The Bertz CT molecular complexity index is 948. The first-order valence-electron chi connectivity index (χ1n) is 10.4. The number of hydrogen-bond acceptors (Lipinski definition) is 5. The monoisotopic (exact) mass is 431 g/mol. The molecule has 8 nitrogen and oxygen atoms in total. The number of hydrogen-bond donors (Lipinski definition) is 1. The van der Waals surface area contributed by atoms with Crippen LogP contribution in [0.5, 0.6) is 0 Å². The van der Waals surface area contributed by atoms with Gasteiger partial charge in [-0.3, -0.25) is 4.99 Å². The van der Waals surface area contributed by atoms with Gasteiger partial charge in [-0.05, 0) is 30.2 Å². The van der Waals surface area contributed by atoms with Crippen LogP contribution in [-0.4, -0.2) is 68.5 Å². The van der Waals surface area contributed by atoms with Gasteiger partial charge in [-0.2, -0.15) is 4.31 Å². The lowest BCUT2D eigenvalue weighted by Gasteiger charge is -2.36. The molecule has 0 radical (unpaired) electrons. The van der Waals surface area contributed by atoms with E-state index in [1.165, 1.54) is 29.0 Å². The van der Waals surface area contributed by atoms with Gasteiger partial charge in [0.2, 0.25) is 10.0 Å². The van der Waals surface area contributed by atoms with Crippen LogP contribution in [0.1, 0.15) is 24.1 Å². The summed E-state index contributed by atoms with van der Waals surface area (Å²) in [5, 5.41) is 7.25. The van der Waals surface area contributed by atoms with Crippen molar-refractivity contribution in [2.24, 2.45) is 10.4 Å². The van der Waals surface area contributed by atoms with Crippen molar-refractivity contribution >= 4 is 16.0 Å². The van der Waals surface area contributed by atoms with Crippen LogP contribution in [0.25, 0.3) is 0 Å². The predicted molar refractivity (Wildman–Crippen MR) is 115 cm³/mol. The largest absolute Gasteiger partial charge is 0.364 e. The fraction of sp³-hybridized carbons (Fsp3) is 0.524. The van der Waals surface area contributed by atoms with Crippen molar-refractivity contribution in [3.05, 3.63) is 53.9 Å². The molecule has 1 saturated heterocycles. The molecular formula is C21H29N5O3S. The molecule has 2 heterocycles. The Morgan fingerprint density at radius 2 is 1.90 bits per heavy atom. The van der Waals surface area contributed by atoms with Gasteiger partial charge < -0.3 is 14.7 Å². The summed E-state index contributed by atoms with van der Waals surface area (Å²) in [5.74, 6) is 0.723. The molecule has 0 atom stereocenters. The molecule has 2 aromatic rings. The zero-order chi connectivity index (χ0) is 21.0. The number of guanidine groups is 1. The zero-order valence-electron chi connectivity index (χ0n) is 17.3. The van der Waals surface area contributed by atoms with E-state index in [4.69, 9.17) is 4.52 Å². The van der Waals surface area contributed by atoms with Gasteiger partial charge >= 0.3 is 0 Å². The number of sulfonamides is 1. The van der Waals surface area contributed by atoms with Crippen molar-refractivity contribution in [3.8, 4) is 0 Å². The van der Waals surface area contributed by atoms with Crippen LogP contribution in [-0.2, 0) is 22.2 Å². The Balaban J connectivity index is 1.28. The SMILES string of the molecule is CN=C(NCC1(Cc2ccccc2)CC1)N1CCN(S(=O)(=O)Cc2ccon2)CC1. The molecule has 1 aromatic heterocycles. The molecule has 9 heteroatoms. The molecular weight excluding hydrogens is 402 g/mol. The van der Waals surface area contributed by atoms with Gasteiger partial charge in [0, 0.05) is 45.8 Å². The van der Waals surface area contributed by atoms with E-state index in [1.54, 1.807) is 13.1 Å². The molecule has 4 rings (SSSR count). The molecule has 162 valence electrons. The Morgan fingerprint density at radius 1 is 1.17 bits per heavy atom. The smallest absolute Gasteiger partial charge is 0.220 e. The van der Waals surface area contributed by atoms with Gasteiger partial charge in [0.05, 0.1) is 5.69 Å². The van der Waals surface area contributed by atoms with E-state index in [0.717, 1.165) is 18.9 Å². The second-order valence-electron chi connectivity index (χ2n) is 8.20. The minimum atomic E-state index is -3.40. The molecule has 0 amide bonds. The maximum Gasteiger partial charge on any atom is 0.220 e. The minimum absolute atomic E-state index is 0.127. The summed E-state index contributed by atoms with van der Waals surface area (Å²) in [7, 11) is -1.61. The standard InChI is InChI=1S/C21H29N5O3S/c1-22-20(23-17-21(8-9-21)15-18-5-3-2-4-6-18)25-10-12-26(13-11-25)30(27,28)16-19-7-14-29-24-19/h2-7,14H,8-13,15-17H2,1H3,(H,22,23). The fourth-order valence-corrected chi connectivity index (χ4v) is 5.41. The average Bonchev–Trinajstić information content (AvgIpc) is 3.32. The number of aliphatic imine (C=N–C) groups is 1. The Hall–Kier alpha value is -2.39. The molecule has 30 heavy (non-hydrogen) atoms. The first-order chi connectivity index (χ1) is 14.5. The molecule has 1 aliphatic heterocycles. The molecule has 1 N–H and O–H groups in total. The maximum atomic E-state index is 12.6. The van der Waals surface area contributed by atoms with E-state index in [2.05, 4.69) is 50.7 Å². The Morgan fingerprint density at radius 3 is 2.50 bits per heavy atom. The van der Waals surface area contributed by atoms with Crippen molar-refractivity contribution in [2.45, 2.75) is 25.0 Å². The van der Waals surface area contributed by atoms with Crippen molar-refractivity contribution in [3.63, 3.8) is 0 Å². The summed E-state index contributed by atoms with van der Waals surface area (Å²) >= 11 is 0. The highest BCUT2D eigenvalue weighted by Gasteiger charge is 2.42. The van der Waals surface area contributed by atoms with Crippen LogP contribution in [0.3, 0.4) is 0 Å². The summed E-state index contributed by atoms with van der Waals surface area (Å²) in [5.41, 5.74) is 2.11. The third kappa shape index (κ3) is 5.02. The lowest BCUT2D eigenvalue weighted by atomic mass is 9.96. The summed E-state index contributed by atoms with van der Waals surface area (Å²) in [6.45, 7) is 3.00. The van der Waals surface area contributed by atoms with Gasteiger partial charge in [0.15, 0.2) is 5.96 Å². The normalized spacial score (nSPS) is 19.6. The Kier molecular flexibility index (Phi) is 6.10. The Labute approximate surface area is 178 Å². The highest BCUT2D eigenvalue weighted by atomic mass is 32.2. The number of nitrogens with one attached hydrogen (secondary N) is 1. The first-order valence-corrected chi connectivity index (χ1v) is 12.0. The number of nitrogens with zero attached hydrogens (tertiary/aromatic N) is 4. The third-order valence-electron chi connectivity index (χ3n) is 5.97. The molecule has 2 fully saturated rings. The highest BCUT2D eigenvalue weighted by Crippen LogP contribution is 2.47. The maximum absolute atomic E-state index is 12.6. The molecule has 1 saturated carbocycles. The molecule has 0 spiro atoms. The van der Waals surface area contributed by atoms with Crippen LogP contribution in [0.2, 0.25) is 0 Å². The quantitative estimate of drug-likeness (QED) is 0.530. The molecule has 1 aromatic carbocycles. The number of benzene rings is 1. The van der Waals surface area contributed by atoms with Gasteiger partial charge in [-0.15, -0.1) is 0 Å². The lowest BCUT2D eigenvalue weighted by Crippen LogP contribution is -2.54. The van der Waals surface area contributed by atoms with Gasteiger partial charge in [-0.25, -0.2) is 8.42 Å². The number of piperazine rings is 1. The summed E-state index contributed by atoms with van der Waals surface area (Å²) in [6, 6.07) is 12.2. The van der Waals surface area contributed by atoms with Crippen LogP contribution >= 0.6 is 0 Å². The van der Waals surface area contributed by atoms with E-state index in [-0.39, 0.29) is 5.75 Å². The number of aromatic nitrogens is 1. The van der Waals surface area contributed by atoms with Gasteiger partial charge in [0.1, 0.15) is 12.0 Å². The first kappa shape index (κ1) is 20.9. The molecule has 0 unspecified atom stereocenters. The van der Waals surface area contributed by atoms with E-state index >= 15 is 0 Å². The van der Waals surface area contributed by atoms with Crippen LogP contribution in [0, 0.1) is 5.41 Å². The summed E-state index contributed by atoms with van der Waals surface area (Å²) in [4.78, 5) is 6.58. The molecule has 1 aliphatic carbocycles. The van der Waals surface area contributed by atoms with E-state index < -0.39 is 10.0 Å². The highest BCUT2D eigenvalue weighted by molar-refractivity contribution is 7.88. The predicted octanol–water partition coefficient (Wildman–Crippen LogP) is 1.72. The summed E-state index contributed by atoms with van der Waals surface area (Å²) < 4.78 is 31.5. The van der Waals surface area contributed by atoms with Crippen molar-refractivity contribution in [1.82, 2.24) is 19.7 Å². The van der Waals surface area contributed by atoms with Crippen molar-refractivity contribution in [1.29, 1.82) is 0 Å². The second kappa shape index (κ2) is 8.77. The van der Waals surface area contributed by atoms with Crippen molar-refractivity contribution < 1.29 is 12.9 Å². The van der Waals surface area contributed by atoms with E-state index in [0.29, 0.717) is 37.3 Å². The summed E-state index contributed by atoms with van der Waals surface area (Å²) in [6.07, 6.45) is 4.91. The van der Waals surface area contributed by atoms with Gasteiger partial charge in [-0.1, -0.05) is 35.5 Å². The lowest BCUT2D eigenvalue weighted by molar-refractivity contribution is 0.258. The third-order valence-corrected chi connectivity index (χ3v) is 7.78. The zero-order valence-corrected chi connectivity index (χ0v) is 18.1. The van der Waals surface area contributed by atoms with Crippen molar-refractivity contribution in [2.75, 3.05) is 39.8 Å².